The Balaban J connectivity index is 2.08. The highest BCUT2D eigenvalue weighted by molar-refractivity contribution is 5.87. The fourth-order valence-corrected chi connectivity index (χ4v) is 1.65. The Morgan fingerprint density at radius 3 is 2.61 bits per heavy atom. The minimum absolute atomic E-state index is 0.316. The number of anilines is 1. The number of ether oxygens (including phenoxy) is 1. The number of hydrogen-bond donors (Lipinski definition) is 2. The van der Waals surface area contributed by atoms with Crippen molar-refractivity contribution in [3.63, 3.8) is 0 Å². The summed E-state index contributed by atoms with van der Waals surface area (Å²) in [5.74, 6) is -5.73. The molecule has 122 valence electrons. The van der Waals surface area contributed by atoms with Gasteiger partial charge in [-0.3, -0.25) is 10.00 Å². The van der Waals surface area contributed by atoms with Crippen LogP contribution in [0.5, 0.6) is 0 Å². The third-order valence-corrected chi connectivity index (χ3v) is 2.71. The number of carbonyl (C=O) groups excluding carboxylic acids is 1. The Hall–Kier alpha value is -3.04. The molecule has 1 atom stereocenters. The highest BCUT2D eigenvalue weighted by Gasteiger charge is 2.25. The van der Waals surface area contributed by atoms with Gasteiger partial charge in [0.25, 0.3) is 0 Å². The summed E-state index contributed by atoms with van der Waals surface area (Å²) in [5, 5.41) is 14.4. The number of carboxylic acids is 1. The summed E-state index contributed by atoms with van der Waals surface area (Å²) < 4.78 is 45.6. The number of nitrogens with one attached hydrogen (secondary N) is 1. The summed E-state index contributed by atoms with van der Waals surface area (Å²) in [7, 11) is 0. The monoisotopic (exact) mass is 329 g/mol. The standard InChI is InChI=1S/C13H10F3N3O4/c14-7-2-3-8(15)11(10(7)16)18-13(22)23-9(12(20)21)6-19-5-1-4-17-19/h1-5,9H,6H2,(H,18,22)(H,20,21). The maximum atomic E-state index is 13.4. The van der Waals surface area contributed by atoms with E-state index in [9.17, 15) is 22.8 Å². The number of amides is 1. The molecular formula is C13H10F3N3O4. The topological polar surface area (TPSA) is 93.5 Å². The van der Waals surface area contributed by atoms with Crippen molar-refractivity contribution in [3.8, 4) is 0 Å². The van der Waals surface area contributed by atoms with Crippen molar-refractivity contribution < 1.29 is 32.6 Å². The lowest BCUT2D eigenvalue weighted by Gasteiger charge is -2.15. The molecule has 0 fully saturated rings. The van der Waals surface area contributed by atoms with Crippen LogP contribution in [-0.2, 0) is 16.1 Å². The number of rotatable bonds is 5. The second kappa shape index (κ2) is 6.81. The van der Waals surface area contributed by atoms with E-state index < -0.39 is 41.3 Å². The third kappa shape index (κ3) is 3.99. The average molecular weight is 329 g/mol. The summed E-state index contributed by atoms with van der Waals surface area (Å²) in [6, 6.07) is 2.67. The largest absolute Gasteiger partial charge is 0.478 e. The second-order valence-electron chi connectivity index (χ2n) is 4.30. The molecule has 1 aromatic carbocycles. The quantitative estimate of drug-likeness (QED) is 0.819. The van der Waals surface area contributed by atoms with Crippen LogP contribution in [0.25, 0.3) is 0 Å². The normalized spacial score (nSPS) is 11.8. The number of aliphatic carboxylic acids is 1. The summed E-state index contributed by atoms with van der Waals surface area (Å²) >= 11 is 0. The lowest BCUT2D eigenvalue weighted by Crippen LogP contribution is -2.33. The van der Waals surface area contributed by atoms with Crippen molar-refractivity contribution in [2.45, 2.75) is 12.6 Å². The Morgan fingerprint density at radius 1 is 1.30 bits per heavy atom. The smallest absolute Gasteiger partial charge is 0.412 e. The molecule has 1 unspecified atom stereocenters. The highest BCUT2D eigenvalue weighted by Crippen LogP contribution is 2.21. The Kier molecular flexibility index (Phi) is 4.84. The van der Waals surface area contributed by atoms with Gasteiger partial charge < -0.3 is 9.84 Å². The van der Waals surface area contributed by atoms with Gasteiger partial charge >= 0.3 is 12.1 Å². The zero-order chi connectivity index (χ0) is 17.0. The second-order valence-corrected chi connectivity index (χ2v) is 4.30. The van der Waals surface area contributed by atoms with Crippen LogP contribution in [0.2, 0.25) is 0 Å². The highest BCUT2D eigenvalue weighted by atomic mass is 19.2. The first kappa shape index (κ1) is 16.3. The van der Waals surface area contributed by atoms with Crippen molar-refractivity contribution >= 4 is 17.7 Å². The molecule has 0 spiro atoms. The van der Waals surface area contributed by atoms with Crippen molar-refractivity contribution in [2.24, 2.45) is 0 Å². The first-order valence-electron chi connectivity index (χ1n) is 6.20. The molecule has 0 saturated carbocycles. The van der Waals surface area contributed by atoms with Crippen LogP contribution < -0.4 is 5.32 Å². The van der Waals surface area contributed by atoms with E-state index >= 15 is 0 Å². The van der Waals surface area contributed by atoms with Crippen LogP contribution >= 0.6 is 0 Å². The van der Waals surface area contributed by atoms with E-state index in [4.69, 9.17) is 5.11 Å². The number of hydrogen-bond acceptors (Lipinski definition) is 4. The molecule has 2 N–H and O–H groups in total. The Bertz CT molecular complexity index is 722. The SMILES string of the molecule is O=C(Nc1c(F)ccc(F)c1F)OC(Cn1cccn1)C(=O)O. The van der Waals surface area contributed by atoms with Crippen molar-refractivity contribution in [2.75, 3.05) is 5.32 Å². The number of carbonyl (C=O) groups is 2. The molecule has 7 nitrogen and oxygen atoms in total. The third-order valence-electron chi connectivity index (χ3n) is 2.71. The Labute approximate surface area is 127 Å². The van der Waals surface area contributed by atoms with Crippen LogP contribution in [0.4, 0.5) is 23.7 Å². The number of carboxylic acid groups (broad SMARTS) is 1. The van der Waals surface area contributed by atoms with Gasteiger partial charge in [-0.05, 0) is 18.2 Å². The maximum absolute atomic E-state index is 13.4. The van der Waals surface area contributed by atoms with E-state index in [2.05, 4.69) is 9.84 Å². The van der Waals surface area contributed by atoms with Gasteiger partial charge in [0, 0.05) is 12.4 Å². The van der Waals surface area contributed by atoms with E-state index in [1.807, 2.05) is 0 Å². The van der Waals surface area contributed by atoms with Crippen LogP contribution in [0.1, 0.15) is 0 Å². The number of aromatic nitrogens is 2. The van der Waals surface area contributed by atoms with Gasteiger partial charge in [0.2, 0.25) is 6.10 Å². The number of benzene rings is 1. The predicted molar refractivity (Wildman–Crippen MR) is 70.1 cm³/mol. The Morgan fingerprint density at radius 2 is 2.00 bits per heavy atom. The summed E-state index contributed by atoms with van der Waals surface area (Å²) in [6.45, 7) is -0.316. The molecule has 1 aromatic heterocycles. The van der Waals surface area contributed by atoms with Gasteiger partial charge in [0.15, 0.2) is 11.6 Å². The van der Waals surface area contributed by atoms with E-state index in [-0.39, 0.29) is 6.54 Å². The van der Waals surface area contributed by atoms with Gasteiger partial charge in [-0.15, -0.1) is 0 Å². The molecule has 1 heterocycles. The van der Waals surface area contributed by atoms with E-state index in [1.165, 1.54) is 23.1 Å². The summed E-state index contributed by atoms with van der Waals surface area (Å²) in [4.78, 5) is 22.6. The zero-order valence-electron chi connectivity index (χ0n) is 11.4. The number of halogens is 3. The van der Waals surface area contributed by atoms with Gasteiger partial charge in [-0.2, -0.15) is 5.10 Å². The van der Waals surface area contributed by atoms with Crippen LogP contribution in [0.15, 0.2) is 30.6 Å². The van der Waals surface area contributed by atoms with Gasteiger partial charge in [0.05, 0.1) is 6.54 Å². The number of nitrogens with zero attached hydrogens (tertiary/aromatic N) is 2. The van der Waals surface area contributed by atoms with Gasteiger partial charge in [-0.25, -0.2) is 22.8 Å². The maximum Gasteiger partial charge on any atom is 0.412 e. The summed E-state index contributed by atoms with van der Waals surface area (Å²) in [5.41, 5.74) is -1.07. The first-order chi connectivity index (χ1) is 10.9. The van der Waals surface area contributed by atoms with E-state index in [0.29, 0.717) is 12.1 Å². The molecule has 10 heteroatoms. The lowest BCUT2D eigenvalue weighted by atomic mass is 10.3. The fraction of sp³-hybridized carbons (Fsp3) is 0.154. The van der Waals surface area contributed by atoms with Crippen LogP contribution in [0.3, 0.4) is 0 Å². The van der Waals surface area contributed by atoms with Crippen molar-refractivity contribution in [3.05, 3.63) is 48.0 Å². The molecule has 1 amide bonds. The predicted octanol–water partition coefficient (Wildman–Crippen LogP) is 2.00. The van der Waals surface area contributed by atoms with Crippen molar-refractivity contribution in [1.29, 1.82) is 0 Å². The van der Waals surface area contributed by atoms with Gasteiger partial charge in [0.1, 0.15) is 11.5 Å². The summed E-state index contributed by atoms with van der Waals surface area (Å²) in [6.07, 6.45) is -0.290. The molecule has 2 rings (SSSR count). The van der Waals surface area contributed by atoms with Crippen LogP contribution in [0, 0.1) is 17.5 Å². The molecule has 0 aliphatic rings. The lowest BCUT2D eigenvalue weighted by molar-refractivity contribution is -0.147. The molecule has 0 aliphatic heterocycles. The molecule has 0 bridgehead atoms. The van der Waals surface area contributed by atoms with E-state index in [1.54, 1.807) is 5.32 Å². The fourth-order valence-electron chi connectivity index (χ4n) is 1.65. The van der Waals surface area contributed by atoms with E-state index in [0.717, 1.165) is 0 Å². The minimum atomic E-state index is -1.66. The molecule has 23 heavy (non-hydrogen) atoms. The molecule has 0 radical (unpaired) electrons. The minimum Gasteiger partial charge on any atom is -0.478 e. The first-order valence-corrected chi connectivity index (χ1v) is 6.20. The molecule has 2 aromatic rings. The zero-order valence-corrected chi connectivity index (χ0v) is 11.4. The molecule has 0 saturated heterocycles. The van der Waals surface area contributed by atoms with Crippen LogP contribution in [-0.4, -0.2) is 33.1 Å². The molecular weight excluding hydrogens is 319 g/mol. The van der Waals surface area contributed by atoms with Crippen molar-refractivity contribution in [1.82, 2.24) is 9.78 Å². The van der Waals surface area contributed by atoms with Gasteiger partial charge in [-0.1, -0.05) is 0 Å². The molecule has 0 aliphatic carbocycles. The average Bonchev–Trinajstić information content (AvgIpc) is 3.00.